The van der Waals surface area contributed by atoms with E-state index in [9.17, 15) is 0 Å². The Kier molecular flexibility index (Phi) is 7.05. The monoisotopic (exact) mass is 363 g/mol. The third-order valence-electron chi connectivity index (χ3n) is 5.87. The Hall–Kier alpha value is -2.13. The third kappa shape index (κ3) is 5.93. The van der Waals surface area contributed by atoms with Crippen molar-refractivity contribution in [3.63, 3.8) is 0 Å². The summed E-state index contributed by atoms with van der Waals surface area (Å²) in [5.41, 5.74) is 6.85. The van der Waals surface area contributed by atoms with Crippen molar-refractivity contribution < 1.29 is 0 Å². The maximum Gasteiger partial charge on any atom is 0.0412 e. The molecule has 0 aliphatic carbocycles. The van der Waals surface area contributed by atoms with Gasteiger partial charge in [0.2, 0.25) is 0 Å². The van der Waals surface area contributed by atoms with E-state index in [4.69, 9.17) is 0 Å². The SMILES string of the molecule is C/C(=C\CC1CCN(Cc2cccc(C)c2C)CC1)NCc1cccnc1. The predicted molar refractivity (Wildman–Crippen MR) is 113 cm³/mol. The maximum atomic E-state index is 4.17. The van der Waals surface area contributed by atoms with Crippen molar-refractivity contribution in [3.05, 3.63) is 76.8 Å². The van der Waals surface area contributed by atoms with E-state index in [2.05, 4.69) is 66.3 Å². The minimum absolute atomic E-state index is 0.815. The van der Waals surface area contributed by atoms with E-state index in [1.165, 1.54) is 60.3 Å². The number of benzene rings is 1. The summed E-state index contributed by atoms with van der Waals surface area (Å²) < 4.78 is 0. The summed E-state index contributed by atoms with van der Waals surface area (Å²) in [4.78, 5) is 6.79. The zero-order valence-electron chi connectivity index (χ0n) is 17.0. The van der Waals surface area contributed by atoms with Gasteiger partial charge in [-0.15, -0.1) is 0 Å². The fourth-order valence-corrected chi connectivity index (χ4v) is 3.76. The van der Waals surface area contributed by atoms with Gasteiger partial charge in [-0.3, -0.25) is 9.88 Å². The van der Waals surface area contributed by atoms with Gasteiger partial charge in [0, 0.05) is 31.2 Å². The Morgan fingerprint density at radius 1 is 1.19 bits per heavy atom. The number of likely N-dealkylation sites (tertiary alicyclic amines) is 1. The van der Waals surface area contributed by atoms with E-state index in [-0.39, 0.29) is 0 Å². The van der Waals surface area contributed by atoms with E-state index in [0.29, 0.717) is 0 Å². The number of hydrogen-bond acceptors (Lipinski definition) is 3. The molecule has 1 fully saturated rings. The fraction of sp³-hybridized carbons (Fsp3) is 0.458. The van der Waals surface area contributed by atoms with Gasteiger partial charge >= 0.3 is 0 Å². The number of aromatic nitrogens is 1. The highest BCUT2D eigenvalue weighted by molar-refractivity contribution is 5.33. The number of rotatable bonds is 7. The number of nitrogens with zero attached hydrogens (tertiary/aromatic N) is 2. The summed E-state index contributed by atoms with van der Waals surface area (Å²) in [6, 6.07) is 10.8. The fourth-order valence-electron chi connectivity index (χ4n) is 3.76. The standard InChI is InChI=1S/C24H33N3/c1-19-6-4-8-24(21(19)3)18-27-14-11-22(12-15-27)10-9-20(2)26-17-23-7-5-13-25-16-23/h4-9,13,16,22,26H,10-12,14-15,17-18H2,1-3H3/b20-9+. The number of pyridine rings is 1. The molecule has 1 aromatic carbocycles. The normalized spacial score (nSPS) is 16.5. The van der Waals surface area contributed by atoms with Crippen molar-refractivity contribution in [1.29, 1.82) is 0 Å². The van der Waals surface area contributed by atoms with Crippen molar-refractivity contribution in [2.75, 3.05) is 13.1 Å². The molecule has 0 radical (unpaired) electrons. The summed E-state index contributed by atoms with van der Waals surface area (Å²) >= 11 is 0. The number of aryl methyl sites for hydroxylation is 1. The zero-order chi connectivity index (χ0) is 19.1. The van der Waals surface area contributed by atoms with Gasteiger partial charge in [0.05, 0.1) is 0 Å². The third-order valence-corrected chi connectivity index (χ3v) is 5.87. The molecule has 144 valence electrons. The quantitative estimate of drug-likeness (QED) is 0.751. The number of nitrogens with one attached hydrogen (secondary N) is 1. The van der Waals surface area contributed by atoms with Crippen LogP contribution < -0.4 is 5.32 Å². The first kappa shape index (κ1) is 19.6. The molecule has 1 N–H and O–H groups in total. The van der Waals surface area contributed by atoms with Crippen LogP contribution in [-0.2, 0) is 13.1 Å². The largest absolute Gasteiger partial charge is 0.385 e. The molecule has 3 nitrogen and oxygen atoms in total. The van der Waals surface area contributed by atoms with E-state index < -0.39 is 0 Å². The maximum absolute atomic E-state index is 4.17. The van der Waals surface area contributed by atoms with Crippen LogP contribution in [0.3, 0.4) is 0 Å². The van der Waals surface area contributed by atoms with Crippen molar-refractivity contribution in [2.45, 2.75) is 53.1 Å². The number of piperidine rings is 1. The second-order valence-corrected chi connectivity index (χ2v) is 7.92. The van der Waals surface area contributed by atoms with Gasteiger partial charge in [0.1, 0.15) is 0 Å². The van der Waals surface area contributed by atoms with Gasteiger partial charge in [-0.25, -0.2) is 0 Å². The van der Waals surface area contributed by atoms with E-state index >= 15 is 0 Å². The van der Waals surface area contributed by atoms with Gasteiger partial charge in [-0.1, -0.05) is 30.3 Å². The van der Waals surface area contributed by atoms with Crippen LogP contribution in [0.15, 0.2) is 54.5 Å². The van der Waals surface area contributed by atoms with Crippen LogP contribution in [0, 0.1) is 19.8 Å². The number of allylic oxidation sites excluding steroid dienone is 2. The molecular formula is C24H33N3. The Morgan fingerprint density at radius 3 is 2.74 bits per heavy atom. The summed E-state index contributed by atoms with van der Waals surface area (Å²) in [7, 11) is 0. The van der Waals surface area contributed by atoms with Crippen molar-refractivity contribution >= 4 is 0 Å². The predicted octanol–water partition coefficient (Wildman–Crippen LogP) is 4.99. The summed E-state index contributed by atoms with van der Waals surface area (Å²) in [5.74, 6) is 0.815. The molecular weight excluding hydrogens is 330 g/mol. The molecule has 0 spiro atoms. The van der Waals surface area contributed by atoms with Gasteiger partial charge in [0.25, 0.3) is 0 Å². The molecule has 3 heteroatoms. The van der Waals surface area contributed by atoms with E-state index in [1.54, 1.807) is 0 Å². The zero-order valence-corrected chi connectivity index (χ0v) is 17.0. The van der Waals surface area contributed by atoms with Crippen LogP contribution in [0.5, 0.6) is 0 Å². The molecule has 3 rings (SSSR count). The van der Waals surface area contributed by atoms with Crippen molar-refractivity contribution in [3.8, 4) is 0 Å². The van der Waals surface area contributed by atoms with Crippen LogP contribution in [-0.4, -0.2) is 23.0 Å². The second-order valence-electron chi connectivity index (χ2n) is 7.92. The first-order valence-electron chi connectivity index (χ1n) is 10.2. The molecule has 1 aromatic heterocycles. The highest BCUT2D eigenvalue weighted by atomic mass is 15.1. The average molecular weight is 364 g/mol. The molecule has 1 saturated heterocycles. The summed E-state index contributed by atoms with van der Waals surface area (Å²) in [6.45, 7) is 11.0. The molecule has 2 aromatic rings. The molecule has 0 unspecified atom stereocenters. The summed E-state index contributed by atoms with van der Waals surface area (Å²) in [6.07, 6.45) is 9.91. The lowest BCUT2D eigenvalue weighted by molar-refractivity contribution is 0.178. The molecule has 27 heavy (non-hydrogen) atoms. The van der Waals surface area contributed by atoms with Gasteiger partial charge in [0.15, 0.2) is 0 Å². The second kappa shape index (κ2) is 9.70. The highest BCUT2D eigenvalue weighted by Gasteiger charge is 2.19. The Bertz CT molecular complexity index is 743. The smallest absolute Gasteiger partial charge is 0.0412 e. The number of hydrogen-bond donors (Lipinski definition) is 1. The van der Waals surface area contributed by atoms with Gasteiger partial charge in [-0.05, 0) is 87.4 Å². The molecule has 1 aliphatic rings. The molecule has 2 heterocycles. The summed E-state index contributed by atoms with van der Waals surface area (Å²) in [5, 5.41) is 3.50. The van der Waals surface area contributed by atoms with Crippen LogP contribution in [0.1, 0.15) is 48.4 Å². The lowest BCUT2D eigenvalue weighted by atomic mass is 9.92. The van der Waals surface area contributed by atoms with Crippen LogP contribution in [0.4, 0.5) is 0 Å². The minimum atomic E-state index is 0.815. The highest BCUT2D eigenvalue weighted by Crippen LogP contribution is 2.24. The van der Waals surface area contributed by atoms with Gasteiger partial charge < -0.3 is 5.32 Å². The topological polar surface area (TPSA) is 28.2 Å². The van der Waals surface area contributed by atoms with Crippen LogP contribution in [0.2, 0.25) is 0 Å². The first-order chi connectivity index (χ1) is 13.1. The average Bonchev–Trinajstić information content (AvgIpc) is 2.70. The molecule has 0 atom stereocenters. The Morgan fingerprint density at radius 2 is 2.00 bits per heavy atom. The van der Waals surface area contributed by atoms with E-state index in [1.807, 2.05) is 18.5 Å². The molecule has 0 saturated carbocycles. The van der Waals surface area contributed by atoms with Crippen LogP contribution in [0.25, 0.3) is 0 Å². The van der Waals surface area contributed by atoms with Crippen molar-refractivity contribution in [2.24, 2.45) is 5.92 Å². The van der Waals surface area contributed by atoms with Crippen molar-refractivity contribution in [1.82, 2.24) is 15.2 Å². The first-order valence-corrected chi connectivity index (χ1v) is 10.2. The Balaban J connectivity index is 1.40. The lowest BCUT2D eigenvalue weighted by Crippen LogP contribution is -2.33. The van der Waals surface area contributed by atoms with Crippen LogP contribution >= 0.6 is 0 Å². The Labute approximate surface area is 164 Å². The molecule has 1 aliphatic heterocycles. The molecule has 0 amide bonds. The van der Waals surface area contributed by atoms with Gasteiger partial charge in [-0.2, -0.15) is 0 Å². The molecule has 0 bridgehead atoms. The lowest BCUT2D eigenvalue weighted by Gasteiger charge is -2.32. The van der Waals surface area contributed by atoms with E-state index in [0.717, 1.165) is 19.0 Å². The minimum Gasteiger partial charge on any atom is -0.385 e.